The predicted octanol–water partition coefficient (Wildman–Crippen LogP) is 4.67. The van der Waals surface area contributed by atoms with Gasteiger partial charge in [-0.15, -0.1) is 31.5 Å². The second kappa shape index (κ2) is 18.6. The minimum absolute atomic E-state index is 0.00356. The van der Waals surface area contributed by atoms with Crippen LogP contribution in [-0.4, -0.2) is 121 Å². The van der Waals surface area contributed by atoms with Crippen LogP contribution < -0.4 is 29.6 Å². The molecule has 26 heteroatoms. The van der Waals surface area contributed by atoms with Crippen LogP contribution in [0.5, 0.6) is 23.0 Å². The van der Waals surface area contributed by atoms with Crippen molar-refractivity contribution in [2.45, 2.75) is 60.9 Å². The maximum atomic E-state index is 14.7. The molecule has 6 heterocycles. The molecule has 4 aliphatic heterocycles. The number of fused-ring (bicyclic) bond motifs is 12. The Morgan fingerprint density at radius 1 is 0.610 bits per heavy atom. The maximum Gasteiger partial charge on any atom is 0.287 e. The Labute approximate surface area is 451 Å². The molecule has 4 bridgehead atoms. The summed E-state index contributed by atoms with van der Waals surface area (Å²) in [6.07, 6.45) is 10.2. The zero-order valence-electron chi connectivity index (χ0n) is 41.9. The van der Waals surface area contributed by atoms with Crippen molar-refractivity contribution in [3.63, 3.8) is 0 Å². The molecule has 0 radical (unpaired) electrons. The van der Waals surface area contributed by atoms with Crippen molar-refractivity contribution in [2.24, 2.45) is 56.1 Å². The molecule has 2 aromatic heterocycles. The van der Waals surface area contributed by atoms with E-state index in [0.717, 1.165) is 33.2 Å². The number of allylic oxidation sites excluding steroid dienone is 2. The highest BCUT2D eigenvalue weighted by molar-refractivity contribution is 7.91. The first-order chi connectivity index (χ1) is 36.7. The number of anilines is 2. The normalized spacial score (nSPS) is 28.9. The van der Waals surface area contributed by atoms with E-state index in [1.165, 1.54) is 39.2 Å². The molecule has 2 saturated carbocycles. The summed E-state index contributed by atoms with van der Waals surface area (Å²) in [5, 5.41) is 8.82. The van der Waals surface area contributed by atoms with Gasteiger partial charge < -0.3 is 39.4 Å². The first-order valence-corrected chi connectivity index (χ1v) is 31.1. The van der Waals surface area contributed by atoms with Crippen LogP contribution in [0.2, 0.25) is 0 Å². The number of rotatable bonds is 15. The lowest BCUT2D eigenvalue weighted by molar-refractivity contribution is -0.153. The molecule has 21 nitrogen and oxygen atoms in total. The number of benzene rings is 2. The molecule has 2 aromatic carbocycles. The van der Waals surface area contributed by atoms with E-state index in [9.17, 15) is 44.4 Å². The van der Waals surface area contributed by atoms with Gasteiger partial charge in [-0.2, -0.15) is 21.1 Å². The average molecular weight is 1150 g/mol. The fraction of sp³-hybridized carbons (Fsp3) is 0.412. The molecular weight excluding hydrogens is 1090 g/mol. The smallest absolute Gasteiger partial charge is 0.287 e. The minimum atomic E-state index is -4.70. The van der Waals surface area contributed by atoms with Gasteiger partial charge in [-0.05, 0) is 71.5 Å². The molecule has 2 saturated heterocycles. The van der Waals surface area contributed by atoms with Gasteiger partial charge in [0.05, 0.1) is 34.7 Å². The van der Waals surface area contributed by atoms with Gasteiger partial charge in [0, 0.05) is 84.5 Å². The molecule has 8 aliphatic rings. The van der Waals surface area contributed by atoms with Crippen LogP contribution in [0, 0.1) is 47.3 Å². The molecule has 10 atom stereocenters. The molecule has 0 spiro atoms. The minimum Gasteiger partial charge on any atom is -0.497 e. The van der Waals surface area contributed by atoms with Gasteiger partial charge in [0.1, 0.15) is 54.5 Å². The highest BCUT2D eigenvalue weighted by Crippen LogP contribution is 2.53. The third-order valence-corrected chi connectivity index (χ3v) is 22.5. The number of Topliss-reactive ketones (excluding diaryl/α,β-unsaturated/α-hetero) is 2. The van der Waals surface area contributed by atoms with Crippen molar-refractivity contribution in [1.29, 1.82) is 0 Å². The fourth-order valence-corrected chi connectivity index (χ4v) is 18.9. The lowest BCUT2D eigenvalue weighted by Crippen LogP contribution is -2.61. The number of hydrogen-bond donors (Lipinski definition) is 2. The molecule has 2 N–H and O–H groups in total. The van der Waals surface area contributed by atoms with Crippen LogP contribution in [0.4, 0.5) is 10.0 Å². The molecular formula is C51H51N7O14S5. The summed E-state index contributed by atoms with van der Waals surface area (Å²) in [5.74, 6) is -5.83. The predicted molar refractivity (Wildman–Crippen MR) is 282 cm³/mol. The van der Waals surface area contributed by atoms with Crippen LogP contribution in [0.25, 0.3) is 0 Å². The van der Waals surface area contributed by atoms with E-state index in [2.05, 4.69) is 19.4 Å². The van der Waals surface area contributed by atoms with E-state index < -0.39 is 102 Å². The molecule has 404 valence electrons. The maximum absolute atomic E-state index is 14.7. The monoisotopic (exact) mass is 1150 g/mol. The number of ether oxygens (including phenoxy) is 4. The van der Waals surface area contributed by atoms with Crippen LogP contribution in [-0.2, 0) is 75.4 Å². The number of carbonyl (C=O) groups is 4. The molecule has 77 heavy (non-hydrogen) atoms. The second-order valence-electron chi connectivity index (χ2n) is 20.4. The van der Waals surface area contributed by atoms with Gasteiger partial charge in [-0.3, -0.25) is 19.2 Å². The Morgan fingerprint density at radius 3 is 1.39 bits per heavy atom. The Balaban J connectivity index is 0.806. The molecule has 12 rings (SSSR count). The zero-order valence-corrected chi connectivity index (χ0v) is 46.0. The molecule has 4 aromatic rings. The Hall–Kier alpha value is -6.45. The topological polar surface area (TPSA) is 266 Å². The third-order valence-electron chi connectivity index (χ3n) is 16.3. The number of amides is 2. The fourth-order valence-electron chi connectivity index (χ4n) is 12.9. The number of methoxy groups -OCH3 is 4. The van der Waals surface area contributed by atoms with E-state index in [-0.39, 0.29) is 79.4 Å². The van der Waals surface area contributed by atoms with Gasteiger partial charge >= 0.3 is 0 Å². The number of ketones is 2. The van der Waals surface area contributed by atoms with E-state index in [1.54, 1.807) is 46.2 Å². The van der Waals surface area contributed by atoms with E-state index in [1.807, 2.05) is 24.3 Å². The highest BCUT2D eigenvalue weighted by Gasteiger charge is 2.61. The van der Waals surface area contributed by atoms with Gasteiger partial charge in [0.2, 0.25) is 21.8 Å². The van der Waals surface area contributed by atoms with E-state index in [4.69, 9.17) is 18.9 Å². The van der Waals surface area contributed by atoms with Crippen molar-refractivity contribution < 1.29 is 63.4 Å². The summed E-state index contributed by atoms with van der Waals surface area (Å²) in [7, 11) is -7.61. The summed E-state index contributed by atoms with van der Waals surface area (Å²) < 4.78 is 116. The second-order valence-corrected chi connectivity index (χ2v) is 27.2. The SMILES string of the molecule is COc1ccc(CN2C(=O)C(C3=NS(=O)(=O)c4c(CN(Cc5csc6c5S(=O)(=O)N=C(C5C(=O)C7C8C=CC(C8)C7N(Cc7ccc(OC)cc7OC)C5=O)N6)S(C)(=O)=O)csc4N3)C(=O)C3C4C=CC(C4)C32)c(OC)c1. The first-order valence-electron chi connectivity index (χ1n) is 24.6. The number of nitrogens with zero attached hydrogens (tertiary/aromatic N) is 5. The Morgan fingerprint density at radius 2 is 1.01 bits per heavy atom. The van der Waals surface area contributed by atoms with Gasteiger partial charge in [0.15, 0.2) is 23.4 Å². The standard InChI is InChI=1S/C51H51N7O14S5/c1-69-32-12-10-28(34(16-32)71-3)20-57-40-26-8-6-24(14-26)36(40)42(59)38(50(57)61)46-52-48-44(76(65,66)54-46)30(22-73-48)18-56(75(5,63)64)19-31-23-74-49-45(31)77(67,68)55-47(53-49)39-43(60)37-25-7-9-27(15-25)41(37)58(51(39)62)21-29-11-13-33(70-2)17-35(29)72-4/h6-13,16-17,22-27,36-41H,14-15,18-21H2,1-5H3,(H,52,54)(H,53,55). The van der Waals surface area contributed by atoms with Crippen molar-refractivity contribution in [2.75, 3.05) is 45.3 Å². The number of likely N-dealkylation sites (tertiary alicyclic amines) is 2. The van der Waals surface area contributed by atoms with Crippen LogP contribution >= 0.6 is 22.7 Å². The van der Waals surface area contributed by atoms with Gasteiger partial charge in [-0.25, -0.2) is 8.42 Å². The largest absolute Gasteiger partial charge is 0.497 e. The van der Waals surface area contributed by atoms with Crippen LogP contribution in [0.15, 0.2) is 90.0 Å². The Kier molecular flexibility index (Phi) is 12.4. The summed E-state index contributed by atoms with van der Waals surface area (Å²) >= 11 is 1.83. The van der Waals surface area contributed by atoms with Crippen molar-refractivity contribution in [3.8, 4) is 23.0 Å². The number of piperidine rings is 2. The summed E-state index contributed by atoms with van der Waals surface area (Å²) in [6, 6.07) is 9.44. The van der Waals surface area contributed by atoms with Crippen molar-refractivity contribution in [3.05, 3.63) is 93.7 Å². The molecule has 10 unspecified atom stereocenters. The number of nitrogens with one attached hydrogen (secondary N) is 2. The number of sulfonamides is 3. The number of amidine groups is 2. The third kappa shape index (κ3) is 8.30. The van der Waals surface area contributed by atoms with Gasteiger partial charge in [0.25, 0.3) is 20.0 Å². The van der Waals surface area contributed by atoms with Crippen LogP contribution in [0.1, 0.15) is 35.1 Å². The van der Waals surface area contributed by atoms with Gasteiger partial charge in [-0.1, -0.05) is 24.3 Å². The van der Waals surface area contributed by atoms with Crippen LogP contribution in [0.3, 0.4) is 0 Å². The highest BCUT2D eigenvalue weighted by atomic mass is 32.2. The number of carbonyl (C=O) groups excluding carboxylic acids is 4. The summed E-state index contributed by atoms with van der Waals surface area (Å²) in [4.78, 5) is 60.9. The van der Waals surface area contributed by atoms with E-state index >= 15 is 0 Å². The number of hydrogen-bond acceptors (Lipinski definition) is 18. The molecule has 4 fully saturated rings. The first kappa shape index (κ1) is 51.3. The number of thiophene rings is 2. The average Bonchev–Trinajstić information content (AvgIpc) is 4.31. The quantitative estimate of drug-likeness (QED) is 0.121. The molecule has 4 aliphatic carbocycles. The summed E-state index contributed by atoms with van der Waals surface area (Å²) in [5.41, 5.74) is 1.30. The lowest BCUT2D eigenvalue weighted by atomic mass is 9.75. The Bertz CT molecular complexity index is 3490. The zero-order chi connectivity index (χ0) is 54.2. The molecule has 2 amide bonds. The lowest BCUT2D eigenvalue weighted by Gasteiger charge is -2.44. The van der Waals surface area contributed by atoms with E-state index in [0.29, 0.717) is 47.0 Å². The van der Waals surface area contributed by atoms with Crippen molar-refractivity contribution >= 4 is 97.8 Å². The summed E-state index contributed by atoms with van der Waals surface area (Å²) in [6.45, 7) is -0.995. The van der Waals surface area contributed by atoms with Crippen molar-refractivity contribution in [1.82, 2.24) is 14.1 Å².